The van der Waals surface area contributed by atoms with E-state index in [-0.39, 0.29) is 30.8 Å². The van der Waals surface area contributed by atoms with Crippen LogP contribution in [0.1, 0.15) is 63.4 Å². The third kappa shape index (κ3) is 4.50. The second kappa shape index (κ2) is 9.04. The van der Waals surface area contributed by atoms with E-state index in [1.54, 1.807) is 15.4 Å². The van der Waals surface area contributed by atoms with Gasteiger partial charge in [-0.05, 0) is 31.2 Å². The summed E-state index contributed by atoms with van der Waals surface area (Å²) in [7, 11) is 0. The Bertz CT molecular complexity index is 1370. The lowest BCUT2D eigenvalue weighted by Gasteiger charge is -2.41. The zero-order valence-corrected chi connectivity index (χ0v) is 22.3. The van der Waals surface area contributed by atoms with Gasteiger partial charge in [-0.1, -0.05) is 26.0 Å². The van der Waals surface area contributed by atoms with Gasteiger partial charge in [0.15, 0.2) is 5.82 Å². The molecule has 6 rings (SSSR count). The van der Waals surface area contributed by atoms with E-state index in [1.165, 1.54) is 4.90 Å². The molecule has 0 bridgehead atoms. The summed E-state index contributed by atoms with van der Waals surface area (Å²) in [4.78, 5) is 35.4. The molecule has 3 aromatic heterocycles. The first-order valence-electron chi connectivity index (χ1n) is 13.3. The zero-order valence-electron chi connectivity index (χ0n) is 22.3. The normalized spacial score (nSPS) is 23.1. The van der Waals surface area contributed by atoms with Gasteiger partial charge in [-0.15, -0.1) is 5.10 Å². The summed E-state index contributed by atoms with van der Waals surface area (Å²) in [6.45, 7) is 9.23. The van der Waals surface area contributed by atoms with Crippen LogP contribution in [0.25, 0.3) is 5.52 Å². The number of carbonyl (C=O) groups excluding carboxylic acids is 2. The minimum Gasteiger partial charge on any atom is -0.391 e. The number of hydrogen-bond donors (Lipinski definition) is 2. The largest absolute Gasteiger partial charge is 0.391 e. The number of anilines is 1. The number of carbonyl (C=O) groups is 2. The van der Waals surface area contributed by atoms with Crippen LogP contribution in [-0.2, 0) is 9.59 Å². The monoisotopic (exact) mass is 521 g/mol. The predicted octanol–water partition coefficient (Wildman–Crippen LogP) is 1.06. The highest BCUT2D eigenvalue weighted by Gasteiger charge is 2.46. The van der Waals surface area contributed by atoms with E-state index in [4.69, 9.17) is 0 Å². The molecule has 1 aliphatic carbocycles. The molecule has 2 saturated heterocycles. The molecule has 0 spiro atoms. The Kier molecular flexibility index (Phi) is 5.89. The molecule has 3 aliphatic rings. The first-order chi connectivity index (χ1) is 18.1. The maximum atomic E-state index is 13.9. The molecule has 0 aromatic carbocycles. The summed E-state index contributed by atoms with van der Waals surface area (Å²) in [5.74, 6) is 0.798. The summed E-state index contributed by atoms with van der Waals surface area (Å²) in [6, 6.07) is 0.555. The molecular formula is C26H35N9O3. The van der Waals surface area contributed by atoms with Crippen LogP contribution in [0.4, 0.5) is 5.82 Å². The van der Waals surface area contributed by atoms with Gasteiger partial charge >= 0.3 is 0 Å². The Labute approximate surface area is 221 Å². The van der Waals surface area contributed by atoms with Crippen LogP contribution in [-0.4, -0.2) is 89.2 Å². The molecule has 202 valence electrons. The van der Waals surface area contributed by atoms with Crippen molar-refractivity contribution >= 4 is 23.1 Å². The van der Waals surface area contributed by atoms with Crippen molar-refractivity contribution in [3.8, 4) is 0 Å². The second-order valence-corrected chi connectivity index (χ2v) is 12.0. The molecule has 5 heterocycles. The lowest BCUT2D eigenvalue weighted by atomic mass is 9.85. The number of likely N-dealkylation sites (tertiary alicyclic amines) is 1. The Hall–Kier alpha value is -3.54. The van der Waals surface area contributed by atoms with Gasteiger partial charge in [-0.25, -0.2) is 14.2 Å². The van der Waals surface area contributed by atoms with Gasteiger partial charge in [-0.2, -0.15) is 5.10 Å². The minimum atomic E-state index is -0.752. The molecule has 2 aliphatic heterocycles. The lowest BCUT2D eigenvalue weighted by Crippen LogP contribution is -2.62. The van der Waals surface area contributed by atoms with Crippen LogP contribution in [0.15, 0.2) is 24.7 Å². The number of aliphatic hydroxyl groups is 1. The molecular weight excluding hydrogens is 486 g/mol. The van der Waals surface area contributed by atoms with Crippen molar-refractivity contribution < 1.29 is 14.7 Å². The summed E-state index contributed by atoms with van der Waals surface area (Å²) in [5, 5.41) is 26.6. The predicted molar refractivity (Wildman–Crippen MR) is 138 cm³/mol. The maximum absolute atomic E-state index is 13.9. The van der Waals surface area contributed by atoms with Gasteiger partial charge in [0.25, 0.3) is 0 Å². The first-order valence-corrected chi connectivity index (χ1v) is 13.3. The number of rotatable bonds is 6. The quantitative estimate of drug-likeness (QED) is 0.492. The highest BCUT2D eigenvalue weighted by atomic mass is 16.3. The van der Waals surface area contributed by atoms with Crippen LogP contribution in [0.2, 0.25) is 0 Å². The fraction of sp³-hybridized carbons (Fsp3) is 0.615. The number of nitrogens with one attached hydrogen (secondary N) is 1. The molecule has 3 atom stereocenters. The Morgan fingerprint density at radius 1 is 1.18 bits per heavy atom. The van der Waals surface area contributed by atoms with Gasteiger partial charge in [0.1, 0.15) is 17.6 Å². The maximum Gasteiger partial charge on any atom is 0.248 e. The Morgan fingerprint density at radius 3 is 2.66 bits per heavy atom. The van der Waals surface area contributed by atoms with Crippen molar-refractivity contribution in [3.63, 3.8) is 0 Å². The van der Waals surface area contributed by atoms with E-state index >= 15 is 0 Å². The number of amides is 2. The smallest absolute Gasteiger partial charge is 0.248 e. The van der Waals surface area contributed by atoms with Crippen LogP contribution in [0.5, 0.6) is 0 Å². The number of β-amino-alcohol motifs (C(OH)–C–C–N with tert-alkyl or cyclic N) is 1. The minimum absolute atomic E-state index is 0.0712. The molecule has 2 amide bonds. The Morgan fingerprint density at radius 2 is 1.95 bits per heavy atom. The topological polar surface area (TPSA) is 134 Å². The first kappa shape index (κ1) is 24.8. The van der Waals surface area contributed by atoms with Crippen molar-refractivity contribution in [1.29, 1.82) is 0 Å². The van der Waals surface area contributed by atoms with Crippen LogP contribution < -0.4 is 10.2 Å². The number of hydrogen-bond acceptors (Lipinski definition) is 8. The number of aliphatic hydroxyl groups excluding tert-OH is 1. The number of nitrogens with zero attached hydrogens (tertiary/aromatic N) is 8. The average molecular weight is 522 g/mol. The molecule has 2 N–H and O–H groups in total. The standard InChI is InChI=1S/C26H35N9O3/c1-15-9-20-23(27-7-8-34(20)30-15)32-11-17(12-32)28-24(37)21-10-18(36)13-33(21)25(38)22(26(2,3)4)35-14-19(29-31-35)16-5-6-16/h7-9,14,16-18,21-22,36H,5-6,10-13H2,1-4H3,(H,28,37)/t18?,21?,22-/m1/s1. The second-order valence-electron chi connectivity index (χ2n) is 12.0. The van der Waals surface area contributed by atoms with E-state index in [2.05, 4.69) is 30.6 Å². The van der Waals surface area contributed by atoms with Gasteiger partial charge in [0, 0.05) is 50.6 Å². The third-order valence-electron chi connectivity index (χ3n) is 7.73. The van der Waals surface area contributed by atoms with Crippen LogP contribution in [0.3, 0.4) is 0 Å². The Balaban J connectivity index is 1.14. The molecule has 38 heavy (non-hydrogen) atoms. The van der Waals surface area contributed by atoms with E-state index in [0.29, 0.717) is 19.0 Å². The number of aryl methyl sites for hydroxylation is 1. The third-order valence-corrected chi connectivity index (χ3v) is 7.73. The molecule has 0 radical (unpaired) electrons. The number of fused-ring (bicyclic) bond motifs is 1. The highest BCUT2D eigenvalue weighted by Crippen LogP contribution is 2.40. The van der Waals surface area contributed by atoms with Crippen molar-refractivity contribution in [3.05, 3.63) is 36.0 Å². The summed E-state index contributed by atoms with van der Waals surface area (Å²) < 4.78 is 3.45. The molecule has 1 saturated carbocycles. The molecule has 3 aromatic rings. The summed E-state index contributed by atoms with van der Waals surface area (Å²) in [6.07, 6.45) is 7.06. The van der Waals surface area contributed by atoms with Crippen molar-refractivity contribution in [1.82, 2.24) is 39.8 Å². The van der Waals surface area contributed by atoms with Crippen molar-refractivity contribution in [2.24, 2.45) is 5.41 Å². The molecule has 12 nitrogen and oxygen atoms in total. The van der Waals surface area contributed by atoms with E-state index in [1.807, 2.05) is 46.2 Å². The van der Waals surface area contributed by atoms with Crippen LogP contribution in [0, 0.1) is 12.3 Å². The van der Waals surface area contributed by atoms with E-state index < -0.39 is 23.6 Å². The van der Waals surface area contributed by atoms with E-state index in [9.17, 15) is 14.7 Å². The summed E-state index contributed by atoms with van der Waals surface area (Å²) in [5.41, 5.74) is 2.29. The summed E-state index contributed by atoms with van der Waals surface area (Å²) >= 11 is 0. The fourth-order valence-corrected chi connectivity index (χ4v) is 5.64. The van der Waals surface area contributed by atoms with Gasteiger partial charge in [0.05, 0.1) is 23.5 Å². The SMILES string of the molecule is Cc1cc2c(N3CC(NC(=O)C4CC(O)CN4C(=O)[C@@H](n4cc(C5CC5)nn4)C(C)(C)C)C3)nccn2n1. The fourth-order valence-electron chi connectivity index (χ4n) is 5.64. The number of aromatic nitrogens is 6. The van der Waals surface area contributed by atoms with Crippen molar-refractivity contribution in [2.75, 3.05) is 24.5 Å². The molecule has 3 fully saturated rings. The average Bonchev–Trinajstić information content (AvgIpc) is 3.23. The van der Waals surface area contributed by atoms with Crippen LogP contribution >= 0.6 is 0 Å². The van der Waals surface area contributed by atoms with Gasteiger partial charge < -0.3 is 20.2 Å². The molecule has 2 unspecified atom stereocenters. The molecule has 12 heteroatoms. The highest BCUT2D eigenvalue weighted by molar-refractivity contribution is 5.90. The van der Waals surface area contributed by atoms with E-state index in [0.717, 1.165) is 35.6 Å². The lowest BCUT2D eigenvalue weighted by molar-refractivity contribution is -0.144. The van der Waals surface area contributed by atoms with Gasteiger partial charge in [0.2, 0.25) is 11.8 Å². The van der Waals surface area contributed by atoms with Crippen molar-refractivity contribution in [2.45, 2.75) is 77.1 Å². The zero-order chi connectivity index (χ0) is 26.8. The van der Waals surface area contributed by atoms with Gasteiger partial charge in [-0.3, -0.25) is 9.59 Å².